The van der Waals surface area contributed by atoms with Gasteiger partial charge in [0.15, 0.2) is 18.1 Å². The first-order valence-electron chi connectivity index (χ1n) is 9.75. The van der Waals surface area contributed by atoms with Gasteiger partial charge in [-0.2, -0.15) is 5.10 Å². The Kier molecular flexibility index (Phi) is 9.83. The van der Waals surface area contributed by atoms with Crippen LogP contribution in [-0.4, -0.2) is 38.4 Å². The van der Waals surface area contributed by atoms with Crippen molar-refractivity contribution in [3.05, 3.63) is 52.0 Å². The Balaban J connectivity index is 1.88. The number of methoxy groups -OCH3 is 1. The van der Waals surface area contributed by atoms with Gasteiger partial charge in [-0.3, -0.25) is 9.59 Å². The summed E-state index contributed by atoms with van der Waals surface area (Å²) in [5.41, 5.74) is 9.48. The minimum Gasteiger partial charge on any atom is -0.497 e. The maximum atomic E-state index is 12.0. The predicted octanol–water partition coefficient (Wildman–Crippen LogP) is 3.19. The Hall–Kier alpha value is -3.07. The highest BCUT2D eigenvalue weighted by Crippen LogP contribution is 2.36. The zero-order valence-electron chi connectivity index (χ0n) is 17.5. The molecule has 0 radical (unpaired) electrons. The van der Waals surface area contributed by atoms with E-state index in [1.165, 1.54) is 6.21 Å². The van der Waals surface area contributed by atoms with Crippen LogP contribution < -0.4 is 25.4 Å². The predicted molar refractivity (Wildman–Crippen MR) is 122 cm³/mol. The topological polar surface area (TPSA) is 112 Å². The average molecular weight is 492 g/mol. The number of carbonyl (C=O) groups is 2. The average Bonchev–Trinajstić information content (AvgIpc) is 2.73. The Labute approximate surface area is 189 Å². The first-order valence-corrected chi connectivity index (χ1v) is 10.5. The molecule has 3 N–H and O–H groups in total. The third-order valence-electron chi connectivity index (χ3n) is 4.12. The molecule has 0 heterocycles. The summed E-state index contributed by atoms with van der Waals surface area (Å²) >= 11 is 3.39. The van der Waals surface area contributed by atoms with Crippen molar-refractivity contribution in [3.8, 4) is 17.2 Å². The minimum atomic E-state index is -0.588. The molecule has 0 saturated carbocycles. The quantitative estimate of drug-likeness (QED) is 0.349. The highest BCUT2D eigenvalue weighted by molar-refractivity contribution is 9.10. The summed E-state index contributed by atoms with van der Waals surface area (Å²) in [6, 6.07) is 11.2. The summed E-state index contributed by atoms with van der Waals surface area (Å²) in [5.74, 6) is 0.859. The molecule has 0 bridgehead atoms. The molecule has 166 valence electrons. The van der Waals surface area contributed by atoms with Crippen molar-refractivity contribution in [1.29, 1.82) is 0 Å². The van der Waals surface area contributed by atoms with E-state index in [4.69, 9.17) is 19.9 Å². The Morgan fingerprint density at radius 2 is 1.94 bits per heavy atom. The second-order valence-electron chi connectivity index (χ2n) is 6.51. The molecule has 0 spiro atoms. The molecule has 2 aromatic rings. The zero-order chi connectivity index (χ0) is 22.6. The third kappa shape index (κ3) is 8.29. The van der Waals surface area contributed by atoms with E-state index in [9.17, 15) is 9.59 Å². The number of primary amides is 1. The van der Waals surface area contributed by atoms with Gasteiger partial charge in [-0.15, -0.1) is 0 Å². The molecule has 2 rings (SSSR count). The van der Waals surface area contributed by atoms with Crippen molar-refractivity contribution in [2.45, 2.75) is 26.2 Å². The molecule has 0 fully saturated rings. The van der Waals surface area contributed by atoms with Gasteiger partial charge < -0.3 is 19.9 Å². The van der Waals surface area contributed by atoms with Gasteiger partial charge in [-0.1, -0.05) is 12.1 Å². The highest BCUT2D eigenvalue weighted by atomic mass is 79.9. The van der Waals surface area contributed by atoms with Gasteiger partial charge in [-0.25, -0.2) is 5.43 Å². The van der Waals surface area contributed by atoms with Crippen molar-refractivity contribution in [2.24, 2.45) is 10.8 Å². The van der Waals surface area contributed by atoms with Crippen LogP contribution in [0.3, 0.4) is 0 Å². The fourth-order valence-corrected chi connectivity index (χ4v) is 3.26. The second-order valence-corrected chi connectivity index (χ2v) is 7.37. The molecule has 0 atom stereocenters. The van der Waals surface area contributed by atoms with Crippen LogP contribution in [0.5, 0.6) is 17.2 Å². The Morgan fingerprint density at radius 1 is 1.19 bits per heavy atom. The molecule has 0 unspecified atom stereocenters. The van der Waals surface area contributed by atoms with E-state index in [-0.39, 0.29) is 12.5 Å². The maximum absolute atomic E-state index is 12.0. The van der Waals surface area contributed by atoms with E-state index < -0.39 is 5.91 Å². The molecule has 2 aromatic carbocycles. The number of nitrogens with two attached hydrogens (primary N) is 1. The number of amides is 2. The van der Waals surface area contributed by atoms with Crippen LogP contribution >= 0.6 is 15.9 Å². The van der Waals surface area contributed by atoms with Crippen molar-refractivity contribution in [3.63, 3.8) is 0 Å². The van der Waals surface area contributed by atoms with Gasteiger partial charge >= 0.3 is 0 Å². The maximum Gasteiger partial charge on any atom is 0.255 e. The number of nitrogens with zero attached hydrogens (tertiary/aromatic N) is 1. The molecule has 0 aromatic heterocycles. The normalized spacial score (nSPS) is 10.7. The first-order chi connectivity index (χ1) is 14.9. The van der Waals surface area contributed by atoms with Gasteiger partial charge in [-0.05, 0) is 71.1 Å². The first kappa shape index (κ1) is 24.2. The number of rotatable bonds is 12. The number of nitrogens with one attached hydrogen (secondary N) is 1. The summed E-state index contributed by atoms with van der Waals surface area (Å²) in [7, 11) is 1.63. The molecule has 0 saturated heterocycles. The fourth-order valence-electron chi connectivity index (χ4n) is 2.69. The summed E-state index contributed by atoms with van der Waals surface area (Å²) in [6.07, 6.45) is 3.36. The molecule has 0 aliphatic rings. The van der Waals surface area contributed by atoms with E-state index in [2.05, 4.69) is 26.5 Å². The number of ether oxygens (including phenoxy) is 3. The number of halogens is 1. The SMILES string of the molecule is CCOc1cc(/C=N\NC(=O)CCCc2ccc(OC)cc2)cc(Br)c1OCC(N)=O. The second kappa shape index (κ2) is 12.6. The zero-order valence-corrected chi connectivity index (χ0v) is 19.1. The van der Waals surface area contributed by atoms with Gasteiger partial charge in [0.25, 0.3) is 5.91 Å². The molecular weight excluding hydrogens is 466 g/mol. The largest absolute Gasteiger partial charge is 0.497 e. The van der Waals surface area contributed by atoms with Crippen LogP contribution in [0.1, 0.15) is 30.9 Å². The van der Waals surface area contributed by atoms with Crippen LogP contribution in [0.25, 0.3) is 0 Å². The number of hydrazone groups is 1. The summed E-state index contributed by atoms with van der Waals surface area (Å²) in [4.78, 5) is 23.0. The lowest BCUT2D eigenvalue weighted by atomic mass is 10.1. The fraction of sp³-hybridized carbons (Fsp3) is 0.318. The van der Waals surface area contributed by atoms with E-state index in [1.807, 2.05) is 31.2 Å². The smallest absolute Gasteiger partial charge is 0.255 e. The van der Waals surface area contributed by atoms with Gasteiger partial charge in [0.05, 0.1) is 24.4 Å². The van der Waals surface area contributed by atoms with Gasteiger partial charge in [0.1, 0.15) is 5.75 Å². The van der Waals surface area contributed by atoms with Crippen LogP contribution in [0.2, 0.25) is 0 Å². The van der Waals surface area contributed by atoms with Crippen LogP contribution in [0, 0.1) is 0 Å². The van der Waals surface area contributed by atoms with Crippen molar-refractivity contribution < 1.29 is 23.8 Å². The number of aryl methyl sites for hydroxylation is 1. The monoisotopic (exact) mass is 491 g/mol. The third-order valence-corrected chi connectivity index (χ3v) is 4.71. The molecule has 9 heteroatoms. The Morgan fingerprint density at radius 3 is 2.58 bits per heavy atom. The van der Waals surface area contributed by atoms with Crippen LogP contribution in [-0.2, 0) is 16.0 Å². The number of carbonyl (C=O) groups excluding carboxylic acids is 2. The van der Waals surface area contributed by atoms with E-state index in [0.717, 1.165) is 17.7 Å². The van der Waals surface area contributed by atoms with Crippen molar-refractivity contribution >= 4 is 34.0 Å². The lowest BCUT2D eigenvalue weighted by Crippen LogP contribution is -2.20. The van der Waals surface area contributed by atoms with E-state index in [1.54, 1.807) is 19.2 Å². The van der Waals surface area contributed by atoms with Gasteiger partial charge in [0, 0.05) is 6.42 Å². The van der Waals surface area contributed by atoms with Crippen LogP contribution in [0.15, 0.2) is 46.0 Å². The number of hydrogen-bond acceptors (Lipinski definition) is 6. The lowest BCUT2D eigenvalue weighted by molar-refractivity contribution is -0.121. The van der Waals surface area contributed by atoms with Crippen molar-refractivity contribution in [1.82, 2.24) is 5.43 Å². The summed E-state index contributed by atoms with van der Waals surface area (Å²) < 4.78 is 16.7. The minimum absolute atomic E-state index is 0.171. The summed E-state index contributed by atoms with van der Waals surface area (Å²) in [5, 5.41) is 4.00. The molecule has 8 nitrogen and oxygen atoms in total. The van der Waals surface area contributed by atoms with E-state index in [0.29, 0.717) is 41.0 Å². The lowest BCUT2D eigenvalue weighted by Gasteiger charge is -2.13. The van der Waals surface area contributed by atoms with Crippen molar-refractivity contribution in [2.75, 3.05) is 20.3 Å². The van der Waals surface area contributed by atoms with E-state index >= 15 is 0 Å². The molecule has 0 aliphatic heterocycles. The Bertz CT molecular complexity index is 916. The summed E-state index contributed by atoms with van der Waals surface area (Å²) in [6.45, 7) is 1.97. The molecule has 0 aliphatic carbocycles. The molecule has 2 amide bonds. The number of benzene rings is 2. The molecule has 31 heavy (non-hydrogen) atoms. The standard InChI is InChI=1S/C22H26BrN3O5/c1-3-30-19-12-16(11-18(23)22(19)31-14-20(24)27)13-25-26-21(28)6-4-5-15-7-9-17(29-2)10-8-15/h7-13H,3-6,14H2,1-2H3,(H2,24,27)(H,26,28)/b25-13-. The number of hydrogen-bond donors (Lipinski definition) is 2. The molecular formula is C22H26BrN3O5. The van der Waals surface area contributed by atoms with Gasteiger partial charge in [0.2, 0.25) is 5.91 Å². The highest BCUT2D eigenvalue weighted by Gasteiger charge is 2.13. The van der Waals surface area contributed by atoms with Crippen LogP contribution in [0.4, 0.5) is 0 Å².